The van der Waals surface area contributed by atoms with Crippen molar-refractivity contribution in [1.82, 2.24) is 0 Å². The van der Waals surface area contributed by atoms with Crippen LogP contribution in [-0.2, 0) is 16.1 Å². The number of aliphatic hydroxyl groups is 1. The second-order valence-corrected chi connectivity index (χ2v) is 4.80. The molecule has 2 rings (SSSR count). The summed E-state index contributed by atoms with van der Waals surface area (Å²) in [5.41, 5.74) is 1.07. The van der Waals surface area contributed by atoms with Gasteiger partial charge < -0.3 is 14.9 Å². The molecule has 3 unspecified atom stereocenters. The molecule has 0 heterocycles. The summed E-state index contributed by atoms with van der Waals surface area (Å²) in [6.07, 6.45) is 2.85. The van der Waals surface area contributed by atoms with Gasteiger partial charge in [0.15, 0.2) is 0 Å². The number of hydrogen-bond donors (Lipinski definition) is 2. The number of carboxylic acid groups (broad SMARTS) is 1. The van der Waals surface area contributed by atoms with Crippen LogP contribution >= 0.6 is 0 Å². The minimum Gasteiger partial charge on any atom is -0.481 e. The van der Waals surface area contributed by atoms with Crippen LogP contribution in [0.2, 0.25) is 0 Å². The molecule has 0 aromatic heterocycles. The second-order valence-electron chi connectivity index (χ2n) is 4.80. The van der Waals surface area contributed by atoms with Crippen molar-refractivity contribution in [3.05, 3.63) is 48.0 Å². The van der Waals surface area contributed by atoms with Crippen LogP contribution in [0.1, 0.15) is 12.0 Å². The fraction of sp³-hybridized carbons (Fsp3) is 0.400. The number of carbonyl (C=O) groups is 1. The molecule has 1 aliphatic carbocycles. The molecule has 0 radical (unpaired) electrons. The fourth-order valence-corrected chi connectivity index (χ4v) is 2.33. The quantitative estimate of drug-likeness (QED) is 0.768. The van der Waals surface area contributed by atoms with E-state index in [1.807, 2.05) is 30.3 Å². The van der Waals surface area contributed by atoms with E-state index < -0.39 is 12.1 Å². The van der Waals surface area contributed by atoms with Gasteiger partial charge in [-0.25, -0.2) is 0 Å². The summed E-state index contributed by atoms with van der Waals surface area (Å²) in [5, 5.41) is 18.6. The molecule has 0 amide bonds. The van der Waals surface area contributed by atoms with Crippen LogP contribution in [0.5, 0.6) is 0 Å². The number of carboxylic acids is 1. The Bertz CT molecular complexity index is 441. The van der Waals surface area contributed by atoms with E-state index in [2.05, 4.69) is 0 Å². The number of aliphatic hydroxyl groups excluding tert-OH is 1. The van der Waals surface area contributed by atoms with Crippen molar-refractivity contribution in [2.75, 3.05) is 6.61 Å². The lowest BCUT2D eigenvalue weighted by atomic mass is 9.92. The summed E-state index contributed by atoms with van der Waals surface area (Å²) >= 11 is 0. The van der Waals surface area contributed by atoms with E-state index in [1.165, 1.54) is 0 Å². The van der Waals surface area contributed by atoms with E-state index >= 15 is 0 Å². The van der Waals surface area contributed by atoms with Crippen LogP contribution in [-0.4, -0.2) is 28.9 Å². The van der Waals surface area contributed by atoms with Crippen molar-refractivity contribution in [2.45, 2.75) is 19.1 Å². The molecular formula is C15H18O4. The van der Waals surface area contributed by atoms with Gasteiger partial charge in [-0.1, -0.05) is 42.5 Å². The summed E-state index contributed by atoms with van der Waals surface area (Å²) in [4.78, 5) is 10.7. The van der Waals surface area contributed by atoms with Gasteiger partial charge in [0.25, 0.3) is 0 Å². The first-order valence-corrected chi connectivity index (χ1v) is 6.36. The minimum absolute atomic E-state index is 0.0346. The van der Waals surface area contributed by atoms with Gasteiger partial charge in [-0.15, -0.1) is 0 Å². The van der Waals surface area contributed by atoms with Crippen LogP contribution in [0.15, 0.2) is 42.5 Å². The van der Waals surface area contributed by atoms with Crippen molar-refractivity contribution < 1.29 is 19.7 Å². The van der Waals surface area contributed by atoms with Gasteiger partial charge in [-0.3, -0.25) is 4.79 Å². The predicted octanol–water partition coefficient (Wildman–Crippen LogP) is 1.84. The average Bonchev–Trinajstić information content (AvgIpc) is 2.72. The lowest BCUT2D eigenvalue weighted by Crippen LogP contribution is -2.26. The Hall–Kier alpha value is -1.65. The zero-order chi connectivity index (χ0) is 13.7. The van der Waals surface area contributed by atoms with Crippen LogP contribution < -0.4 is 0 Å². The molecule has 0 spiro atoms. The van der Waals surface area contributed by atoms with Crippen molar-refractivity contribution >= 4 is 5.97 Å². The van der Waals surface area contributed by atoms with Crippen molar-refractivity contribution in [3.8, 4) is 0 Å². The van der Waals surface area contributed by atoms with Gasteiger partial charge in [-0.2, -0.15) is 0 Å². The molecule has 1 aliphatic rings. The summed E-state index contributed by atoms with van der Waals surface area (Å²) in [6, 6.07) is 9.77. The highest BCUT2D eigenvalue weighted by molar-refractivity contribution is 5.67. The summed E-state index contributed by atoms with van der Waals surface area (Å²) in [6.45, 7) is 0.838. The van der Waals surface area contributed by atoms with E-state index in [0.717, 1.165) is 5.56 Å². The predicted molar refractivity (Wildman–Crippen MR) is 70.5 cm³/mol. The van der Waals surface area contributed by atoms with Gasteiger partial charge >= 0.3 is 5.97 Å². The topological polar surface area (TPSA) is 66.8 Å². The van der Waals surface area contributed by atoms with Crippen molar-refractivity contribution in [3.63, 3.8) is 0 Å². The Kier molecular flexibility index (Phi) is 4.71. The van der Waals surface area contributed by atoms with Gasteiger partial charge in [0.2, 0.25) is 0 Å². The average molecular weight is 262 g/mol. The molecule has 19 heavy (non-hydrogen) atoms. The maximum Gasteiger partial charge on any atom is 0.303 e. The summed E-state index contributed by atoms with van der Waals surface area (Å²) in [5.74, 6) is -1.17. The molecule has 4 heteroatoms. The van der Waals surface area contributed by atoms with E-state index in [-0.39, 0.29) is 18.3 Å². The largest absolute Gasteiger partial charge is 0.481 e. The molecule has 0 aliphatic heterocycles. The van der Waals surface area contributed by atoms with Crippen LogP contribution in [0.4, 0.5) is 0 Å². The van der Waals surface area contributed by atoms with Crippen molar-refractivity contribution in [2.24, 2.45) is 11.8 Å². The number of ether oxygens (including phenoxy) is 1. The normalized spacial score (nSPS) is 25.6. The highest BCUT2D eigenvalue weighted by Crippen LogP contribution is 2.29. The molecule has 4 nitrogen and oxygen atoms in total. The van der Waals surface area contributed by atoms with E-state index in [9.17, 15) is 9.90 Å². The SMILES string of the molecule is O=C(O)CC1C=CC(O)C1COCc1ccccc1. The standard InChI is InChI=1S/C15H18O4/c16-14-7-6-12(8-15(17)18)13(14)10-19-9-11-4-2-1-3-5-11/h1-7,12-14,16H,8-10H2,(H,17,18). The van der Waals surface area contributed by atoms with Gasteiger partial charge in [0.1, 0.15) is 0 Å². The Balaban J connectivity index is 1.82. The minimum atomic E-state index is -0.850. The number of aliphatic carboxylic acids is 1. The molecule has 102 valence electrons. The third kappa shape index (κ3) is 3.91. The first kappa shape index (κ1) is 13.8. The Morgan fingerprint density at radius 2 is 1.95 bits per heavy atom. The Labute approximate surface area is 112 Å². The molecule has 3 atom stereocenters. The third-order valence-electron chi connectivity index (χ3n) is 3.38. The lowest BCUT2D eigenvalue weighted by Gasteiger charge is -2.21. The molecule has 0 bridgehead atoms. The molecule has 1 aromatic rings. The summed E-state index contributed by atoms with van der Waals surface area (Å²) < 4.78 is 5.59. The van der Waals surface area contributed by atoms with E-state index in [0.29, 0.717) is 13.2 Å². The van der Waals surface area contributed by atoms with Gasteiger partial charge in [0.05, 0.1) is 25.7 Å². The summed E-state index contributed by atoms with van der Waals surface area (Å²) in [7, 11) is 0. The smallest absolute Gasteiger partial charge is 0.303 e. The van der Waals surface area contributed by atoms with E-state index in [4.69, 9.17) is 9.84 Å². The molecule has 1 aromatic carbocycles. The Morgan fingerprint density at radius 1 is 1.21 bits per heavy atom. The number of allylic oxidation sites excluding steroid dienone is 1. The molecule has 0 fully saturated rings. The van der Waals surface area contributed by atoms with Gasteiger partial charge in [0, 0.05) is 5.92 Å². The van der Waals surface area contributed by atoms with Gasteiger partial charge in [-0.05, 0) is 11.5 Å². The maximum absolute atomic E-state index is 10.7. The Morgan fingerprint density at radius 3 is 2.63 bits per heavy atom. The first-order chi connectivity index (χ1) is 9.16. The number of rotatable bonds is 6. The van der Waals surface area contributed by atoms with E-state index in [1.54, 1.807) is 12.2 Å². The monoisotopic (exact) mass is 262 g/mol. The highest BCUT2D eigenvalue weighted by Gasteiger charge is 2.31. The molecular weight excluding hydrogens is 244 g/mol. The lowest BCUT2D eigenvalue weighted by molar-refractivity contribution is -0.138. The molecule has 2 N–H and O–H groups in total. The van der Waals surface area contributed by atoms with Crippen molar-refractivity contribution in [1.29, 1.82) is 0 Å². The molecule has 0 saturated carbocycles. The highest BCUT2D eigenvalue weighted by atomic mass is 16.5. The zero-order valence-electron chi connectivity index (χ0n) is 10.6. The zero-order valence-corrected chi connectivity index (χ0v) is 10.6. The second kappa shape index (κ2) is 6.50. The van der Waals surface area contributed by atoms with Crippen LogP contribution in [0.3, 0.4) is 0 Å². The first-order valence-electron chi connectivity index (χ1n) is 6.36. The number of benzene rings is 1. The fourth-order valence-electron chi connectivity index (χ4n) is 2.33. The maximum atomic E-state index is 10.7. The third-order valence-corrected chi connectivity index (χ3v) is 3.38. The molecule has 0 saturated heterocycles. The van der Waals surface area contributed by atoms with Crippen LogP contribution in [0, 0.1) is 11.8 Å². The van der Waals surface area contributed by atoms with Crippen LogP contribution in [0.25, 0.3) is 0 Å². The number of hydrogen-bond acceptors (Lipinski definition) is 3.